The monoisotopic (exact) mass is 382 g/mol. The first kappa shape index (κ1) is 21.4. The molecule has 0 aliphatic rings. The highest BCUT2D eigenvalue weighted by Gasteiger charge is 2.11. The molecule has 0 saturated carbocycles. The molecular formula is C17H35BrO2S. The largest absolute Gasteiger partial charge is 0.229 e. The number of hydrogen-bond donors (Lipinski definition) is 0. The van der Waals surface area contributed by atoms with Crippen LogP contribution in [0.25, 0.3) is 0 Å². The van der Waals surface area contributed by atoms with Gasteiger partial charge < -0.3 is 0 Å². The Balaban J connectivity index is 3.19. The van der Waals surface area contributed by atoms with E-state index >= 15 is 0 Å². The van der Waals surface area contributed by atoms with Crippen molar-refractivity contribution < 1.29 is 8.42 Å². The summed E-state index contributed by atoms with van der Waals surface area (Å²) in [5.74, 6) is 0.269. The van der Waals surface area contributed by atoms with E-state index in [0.29, 0.717) is 0 Å². The van der Waals surface area contributed by atoms with Crippen LogP contribution in [0.5, 0.6) is 0 Å². The van der Waals surface area contributed by atoms with Crippen LogP contribution in [0.3, 0.4) is 0 Å². The van der Waals surface area contributed by atoms with E-state index in [1.165, 1.54) is 76.9 Å². The predicted octanol–water partition coefficient (Wildman–Crippen LogP) is 5.89. The Kier molecular flexibility index (Phi) is 14.3. The van der Waals surface area contributed by atoms with Gasteiger partial charge in [-0.3, -0.25) is 0 Å². The first-order valence-electron chi connectivity index (χ1n) is 8.77. The summed E-state index contributed by atoms with van der Waals surface area (Å²) in [6.45, 7) is 2.26. The Morgan fingerprint density at radius 1 is 0.762 bits per heavy atom. The normalized spacial score (nSPS) is 13.5. The van der Waals surface area contributed by atoms with E-state index in [1.807, 2.05) is 0 Å². The zero-order valence-corrected chi connectivity index (χ0v) is 16.5. The maximum atomic E-state index is 11.1. The quantitative estimate of drug-likeness (QED) is 0.261. The Bertz CT molecular complexity index is 315. The van der Waals surface area contributed by atoms with Gasteiger partial charge in [0.2, 0.25) is 0 Å². The molecule has 1 unspecified atom stereocenters. The Hall–Kier alpha value is 0.430. The fourth-order valence-electron chi connectivity index (χ4n) is 2.62. The molecule has 0 rings (SSSR count). The van der Waals surface area contributed by atoms with Crippen LogP contribution in [-0.2, 0) is 9.84 Å². The van der Waals surface area contributed by atoms with Gasteiger partial charge in [0, 0.05) is 11.1 Å². The van der Waals surface area contributed by atoms with Crippen LogP contribution in [0.15, 0.2) is 0 Å². The van der Waals surface area contributed by atoms with E-state index in [1.54, 1.807) is 0 Å². The van der Waals surface area contributed by atoms with Crippen molar-refractivity contribution in [2.24, 2.45) is 0 Å². The number of rotatable bonds is 15. The molecule has 0 aromatic rings. The summed E-state index contributed by atoms with van der Waals surface area (Å²) in [5.41, 5.74) is 0. The van der Waals surface area contributed by atoms with Crippen molar-refractivity contribution in [3.63, 3.8) is 0 Å². The SMILES string of the molecule is CCCCCCCCCCCCCCC(Br)CS(C)(=O)=O. The zero-order chi connectivity index (χ0) is 16.0. The molecule has 0 bridgehead atoms. The molecule has 21 heavy (non-hydrogen) atoms. The molecule has 0 aliphatic heterocycles. The molecule has 0 saturated heterocycles. The summed E-state index contributed by atoms with van der Waals surface area (Å²) in [6, 6.07) is 0. The summed E-state index contributed by atoms with van der Waals surface area (Å²) >= 11 is 3.46. The maximum absolute atomic E-state index is 11.1. The molecular weight excluding hydrogens is 348 g/mol. The van der Waals surface area contributed by atoms with Crippen LogP contribution in [0.4, 0.5) is 0 Å². The molecule has 0 fully saturated rings. The third kappa shape index (κ3) is 18.4. The molecule has 0 aromatic carbocycles. The highest BCUT2D eigenvalue weighted by atomic mass is 79.9. The van der Waals surface area contributed by atoms with Crippen LogP contribution in [0.2, 0.25) is 0 Å². The molecule has 0 aliphatic carbocycles. The van der Waals surface area contributed by atoms with E-state index in [4.69, 9.17) is 0 Å². The van der Waals surface area contributed by atoms with Crippen LogP contribution < -0.4 is 0 Å². The fraction of sp³-hybridized carbons (Fsp3) is 1.00. The smallest absolute Gasteiger partial charge is 0.148 e. The lowest BCUT2D eigenvalue weighted by Gasteiger charge is -2.08. The summed E-state index contributed by atoms with van der Waals surface area (Å²) < 4.78 is 22.3. The first-order chi connectivity index (χ1) is 9.95. The van der Waals surface area contributed by atoms with Gasteiger partial charge >= 0.3 is 0 Å². The molecule has 4 heteroatoms. The van der Waals surface area contributed by atoms with Crippen molar-refractivity contribution in [2.75, 3.05) is 12.0 Å². The van der Waals surface area contributed by atoms with Gasteiger partial charge in [0.1, 0.15) is 9.84 Å². The van der Waals surface area contributed by atoms with Crippen molar-refractivity contribution in [1.29, 1.82) is 0 Å². The Morgan fingerprint density at radius 2 is 1.14 bits per heavy atom. The second kappa shape index (κ2) is 14.0. The third-order valence-corrected chi connectivity index (χ3v) is 6.07. The highest BCUT2D eigenvalue weighted by Crippen LogP contribution is 2.16. The van der Waals surface area contributed by atoms with Gasteiger partial charge in [0.25, 0.3) is 0 Å². The van der Waals surface area contributed by atoms with E-state index in [9.17, 15) is 8.42 Å². The second-order valence-corrected chi connectivity index (χ2v) is 9.85. The van der Waals surface area contributed by atoms with Crippen LogP contribution in [0.1, 0.15) is 90.4 Å². The molecule has 0 heterocycles. The number of halogens is 1. The summed E-state index contributed by atoms with van der Waals surface area (Å²) in [4.78, 5) is 0.135. The zero-order valence-electron chi connectivity index (χ0n) is 14.1. The average Bonchev–Trinajstić information content (AvgIpc) is 2.38. The molecule has 0 N–H and O–H groups in total. The van der Waals surface area contributed by atoms with E-state index in [-0.39, 0.29) is 10.6 Å². The molecule has 2 nitrogen and oxygen atoms in total. The van der Waals surface area contributed by atoms with E-state index in [0.717, 1.165) is 12.8 Å². The maximum Gasteiger partial charge on any atom is 0.148 e. The lowest BCUT2D eigenvalue weighted by atomic mass is 10.0. The minimum Gasteiger partial charge on any atom is -0.229 e. The summed E-state index contributed by atoms with van der Waals surface area (Å²) in [7, 11) is -2.84. The Labute approximate surface area is 141 Å². The summed E-state index contributed by atoms with van der Waals surface area (Å²) in [5, 5.41) is 0. The van der Waals surface area contributed by atoms with Gasteiger partial charge in [-0.2, -0.15) is 0 Å². The molecule has 0 radical (unpaired) electrons. The van der Waals surface area contributed by atoms with Crippen LogP contribution in [-0.4, -0.2) is 25.3 Å². The van der Waals surface area contributed by atoms with Crippen molar-refractivity contribution in [3.05, 3.63) is 0 Å². The molecule has 1 atom stereocenters. The topological polar surface area (TPSA) is 34.1 Å². The van der Waals surface area contributed by atoms with Crippen molar-refractivity contribution >= 4 is 25.8 Å². The van der Waals surface area contributed by atoms with Crippen molar-refractivity contribution in [2.45, 2.75) is 95.2 Å². The number of alkyl halides is 1. The first-order valence-corrected chi connectivity index (χ1v) is 11.7. The second-order valence-electron chi connectivity index (χ2n) is 6.37. The lowest BCUT2D eigenvalue weighted by Crippen LogP contribution is -2.14. The lowest BCUT2D eigenvalue weighted by molar-refractivity contribution is 0.539. The highest BCUT2D eigenvalue weighted by molar-refractivity contribution is 9.09. The molecule has 0 amide bonds. The minimum absolute atomic E-state index is 0.135. The van der Waals surface area contributed by atoms with Crippen molar-refractivity contribution in [1.82, 2.24) is 0 Å². The average molecular weight is 383 g/mol. The van der Waals surface area contributed by atoms with Gasteiger partial charge in [-0.15, -0.1) is 0 Å². The summed E-state index contributed by atoms with van der Waals surface area (Å²) in [6.07, 6.45) is 18.4. The fourth-order valence-corrected chi connectivity index (χ4v) is 5.21. The number of sulfone groups is 1. The van der Waals surface area contributed by atoms with Gasteiger partial charge in [0.05, 0.1) is 5.75 Å². The van der Waals surface area contributed by atoms with E-state index < -0.39 is 9.84 Å². The third-order valence-electron chi connectivity index (χ3n) is 3.85. The molecule has 0 aromatic heterocycles. The standard InChI is InChI=1S/C17H35BrO2S/c1-3-4-5-6-7-8-9-10-11-12-13-14-15-17(18)16-21(2,19)20/h17H,3-16H2,1-2H3. The van der Waals surface area contributed by atoms with Gasteiger partial charge in [-0.25, -0.2) is 8.42 Å². The van der Waals surface area contributed by atoms with E-state index in [2.05, 4.69) is 22.9 Å². The van der Waals surface area contributed by atoms with Gasteiger partial charge in [-0.1, -0.05) is 99.9 Å². The van der Waals surface area contributed by atoms with Gasteiger partial charge in [0.15, 0.2) is 0 Å². The van der Waals surface area contributed by atoms with Crippen LogP contribution >= 0.6 is 15.9 Å². The van der Waals surface area contributed by atoms with Crippen LogP contribution in [0, 0.1) is 0 Å². The Morgan fingerprint density at radius 3 is 1.52 bits per heavy atom. The minimum atomic E-state index is -2.84. The van der Waals surface area contributed by atoms with Gasteiger partial charge in [-0.05, 0) is 6.42 Å². The number of unbranched alkanes of at least 4 members (excludes halogenated alkanes) is 11. The molecule has 128 valence electrons. The number of hydrogen-bond acceptors (Lipinski definition) is 2. The van der Waals surface area contributed by atoms with Crippen molar-refractivity contribution in [3.8, 4) is 0 Å². The predicted molar refractivity (Wildman–Crippen MR) is 98.1 cm³/mol. The molecule has 0 spiro atoms.